The number of hydrogen-bond acceptors (Lipinski definition) is 6. The average molecular weight is 573 g/mol. The highest BCUT2D eigenvalue weighted by atomic mass is 16.6. The Hall–Kier alpha value is -2.81. The van der Waals surface area contributed by atoms with Gasteiger partial charge in [-0.1, -0.05) is 107 Å². The molecule has 0 saturated carbocycles. The third kappa shape index (κ3) is 25.9. The van der Waals surface area contributed by atoms with E-state index in [-0.39, 0.29) is 19.0 Å². The molecule has 6 heteroatoms. The molecule has 0 N–H and O–H groups in total. The van der Waals surface area contributed by atoms with Crippen LogP contribution in [0.25, 0.3) is 0 Å². The maximum Gasteiger partial charge on any atom is 0.307 e. The van der Waals surface area contributed by atoms with Crippen molar-refractivity contribution in [2.24, 2.45) is 0 Å². The van der Waals surface area contributed by atoms with Crippen LogP contribution in [0.1, 0.15) is 144 Å². The van der Waals surface area contributed by atoms with Crippen molar-refractivity contribution in [1.29, 1.82) is 0 Å². The van der Waals surface area contributed by atoms with E-state index in [9.17, 15) is 14.4 Å². The van der Waals surface area contributed by atoms with E-state index in [1.165, 1.54) is 84.3 Å². The van der Waals surface area contributed by atoms with Crippen molar-refractivity contribution in [3.8, 4) is 11.8 Å². The number of ether oxygens (including phenoxy) is 3. The summed E-state index contributed by atoms with van der Waals surface area (Å²) in [6, 6.07) is 0. The third-order valence-electron chi connectivity index (χ3n) is 6.50. The summed E-state index contributed by atoms with van der Waals surface area (Å²) in [4.78, 5) is 35.5. The smallest absolute Gasteiger partial charge is 0.307 e. The number of carbonyl (C=O) groups excluding carboxylic acids is 3. The third-order valence-corrected chi connectivity index (χ3v) is 6.50. The van der Waals surface area contributed by atoms with Crippen molar-refractivity contribution >= 4 is 17.9 Å². The molecule has 0 heterocycles. The van der Waals surface area contributed by atoms with E-state index in [2.05, 4.69) is 18.8 Å². The van der Waals surface area contributed by atoms with Gasteiger partial charge in [-0.15, -0.1) is 0 Å². The topological polar surface area (TPSA) is 78.9 Å². The summed E-state index contributed by atoms with van der Waals surface area (Å²) in [6.07, 6.45) is 21.7. The van der Waals surface area contributed by atoms with E-state index in [1.807, 2.05) is 32.9 Å². The van der Waals surface area contributed by atoms with E-state index in [0.29, 0.717) is 18.4 Å². The number of allylic oxidation sites excluding steroid dienone is 3. The molecule has 0 aromatic carbocycles. The molecule has 41 heavy (non-hydrogen) atoms. The van der Waals surface area contributed by atoms with Crippen LogP contribution >= 0.6 is 0 Å². The van der Waals surface area contributed by atoms with Gasteiger partial charge in [0.2, 0.25) is 0 Å². The fourth-order valence-electron chi connectivity index (χ4n) is 4.20. The lowest BCUT2D eigenvalue weighted by Crippen LogP contribution is -2.21. The monoisotopic (exact) mass is 572 g/mol. The second kappa shape index (κ2) is 26.1. The molecule has 0 aromatic heterocycles. The van der Waals surface area contributed by atoms with E-state index < -0.39 is 18.0 Å². The van der Waals surface area contributed by atoms with Gasteiger partial charge in [0.05, 0.1) is 12.9 Å². The van der Waals surface area contributed by atoms with Gasteiger partial charge in [-0.05, 0) is 38.8 Å². The van der Waals surface area contributed by atoms with Gasteiger partial charge in [-0.25, -0.2) is 0 Å². The first kappa shape index (κ1) is 38.2. The number of hydrogen-bond donors (Lipinski definition) is 0. The molecule has 0 aliphatic rings. The van der Waals surface area contributed by atoms with Crippen LogP contribution in [0.3, 0.4) is 0 Å². The van der Waals surface area contributed by atoms with Crippen LogP contribution < -0.4 is 0 Å². The maximum absolute atomic E-state index is 12.3. The Morgan fingerprint density at radius 1 is 0.732 bits per heavy atom. The van der Waals surface area contributed by atoms with Crippen LogP contribution in [0, 0.1) is 11.8 Å². The Kier molecular flexibility index (Phi) is 24.3. The zero-order chi connectivity index (χ0) is 30.7. The van der Waals surface area contributed by atoms with Gasteiger partial charge in [0.25, 0.3) is 0 Å². The summed E-state index contributed by atoms with van der Waals surface area (Å²) < 4.78 is 16.0. The zero-order valence-electron chi connectivity index (χ0n) is 26.8. The van der Waals surface area contributed by atoms with Crippen LogP contribution in [-0.2, 0) is 28.6 Å². The predicted octanol–water partition coefficient (Wildman–Crippen LogP) is 9.09. The minimum Gasteiger partial charge on any atom is -0.465 e. The molecule has 0 saturated heterocycles. The molecule has 0 aliphatic carbocycles. The zero-order valence-corrected chi connectivity index (χ0v) is 26.8. The minimum absolute atomic E-state index is 0.116. The molecule has 1 unspecified atom stereocenters. The molecule has 0 aromatic rings. The standard InChI is InChI=1S/C35H56O6/c1-7-8-9-10-11-12-13-14-15-16-17-18-19-23-35(38)39-27-26-33(28-40-31(5)36)34(41-32(6)37)25-24-30(4)22-20-21-29(2)3/h21,24,28,34H,7-19,23,25-27H2,1-6H3. The largest absolute Gasteiger partial charge is 0.465 e. The molecule has 6 nitrogen and oxygen atoms in total. The van der Waals surface area contributed by atoms with Gasteiger partial charge in [-0.2, -0.15) is 0 Å². The highest BCUT2D eigenvalue weighted by Gasteiger charge is 2.18. The van der Waals surface area contributed by atoms with Crippen LogP contribution in [0.2, 0.25) is 0 Å². The van der Waals surface area contributed by atoms with Crippen LogP contribution in [-0.4, -0.2) is 30.6 Å². The van der Waals surface area contributed by atoms with E-state index >= 15 is 0 Å². The number of carbonyl (C=O) groups is 3. The number of unbranched alkanes of at least 4 members (excludes halogenated alkanes) is 12. The Balaban J connectivity index is 4.53. The Morgan fingerprint density at radius 3 is 1.80 bits per heavy atom. The van der Waals surface area contributed by atoms with Gasteiger partial charge in [0, 0.05) is 38.7 Å². The molecule has 0 aliphatic heterocycles. The number of rotatable bonds is 22. The first-order valence-corrected chi connectivity index (χ1v) is 15.7. The summed E-state index contributed by atoms with van der Waals surface area (Å²) in [7, 11) is 0. The molecule has 0 rings (SSSR count). The molecule has 232 valence electrons. The highest BCUT2D eigenvalue weighted by Crippen LogP contribution is 2.19. The Morgan fingerprint density at radius 2 is 1.29 bits per heavy atom. The first-order chi connectivity index (χ1) is 19.6. The summed E-state index contributed by atoms with van der Waals surface area (Å²) >= 11 is 0. The lowest BCUT2D eigenvalue weighted by Gasteiger charge is -2.19. The summed E-state index contributed by atoms with van der Waals surface area (Å²) in [6.45, 7) is 10.8. The van der Waals surface area contributed by atoms with Crippen LogP contribution in [0.15, 0.2) is 35.1 Å². The molecule has 0 amide bonds. The molecule has 0 fully saturated rings. The molecular weight excluding hydrogens is 516 g/mol. The second-order valence-electron chi connectivity index (χ2n) is 11.0. The van der Waals surface area contributed by atoms with Crippen molar-refractivity contribution in [2.75, 3.05) is 6.61 Å². The van der Waals surface area contributed by atoms with Crippen molar-refractivity contribution in [2.45, 2.75) is 150 Å². The summed E-state index contributed by atoms with van der Waals surface area (Å²) in [5, 5.41) is 0. The van der Waals surface area contributed by atoms with Gasteiger partial charge in [0.15, 0.2) is 0 Å². The SMILES string of the molecule is CCCCCCCCCCCCCCCC(=O)OCCC(=COC(C)=O)C(CC=C(C)C#CC=C(C)C)OC(C)=O. The normalized spacial score (nSPS) is 12.1. The fraction of sp³-hybridized carbons (Fsp3) is 0.686. The van der Waals surface area contributed by atoms with Gasteiger partial charge >= 0.3 is 17.9 Å². The average Bonchev–Trinajstić information content (AvgIpc) is 2.90. The molecule has 0 spiro atoms. The summed E-state index contributed by atoms with van der Waals surface area (Å²) in [5.41, 5.74) is 2.50. The quantitative estimate of drug-likeness (QED) is 0.0423. The Bertz CT molecular complexity index is 895. The second-order valence-corrected chi connectivity index (χ2v) is 11.0. The van der Waals surface area contributed by atoms with Gasteiger partial charge < -0.3 is 14.2 Å². The van der Waals surface area contributed by atoms with E-state index in [0.717, 1.165) is 30.4 Å². The molecule has 0 radical (unpaired) electrons. The lowest BCUT2D eigenvalue weighted by molar-refractivity contribution is -0.146. The van der Waals surface area contributed by atoms with Gasteiger partial charge in [-0.3, -0.25) is 14.4 Å². The van der Waals surface area contributed by atoms with Crippen molar-refractivity contribution in [3.05, 3.63) is 35.1 Å². The van der Waals surface area contributed by atoms with Crippen molar-refractivity contribution in [1.82, 2.24) is 0 Å². The minimum atomic E-state index is -0.660. The van der Waals surface area contributed by atoms with Crippen molar-refractivity contribution in [3.63, 3.8) is 0 Å². The molecule has 0 bridgehead atoms. The first-order valence-electron chi connectivity index (χ1n) is 15.7. The summed E-state index contributed by atoms with van der Waals surface area (Å²) in [5.74, 6) is 4.84. The maximum atomic E-state index is 12.3. The number of esters is 3. The van der Waals surface area contributed by atoms with E-state index in [4.69, 9.17) is 14.2 Å². The Labute approximate surface area is 250 Å². The molecule has 1 atom stereocenters. The fourth-order valence-corrected chi connectivity index (χ4v) is 4.20. The van der Waals surface area contributed by atoms with Crippen LogP contribution in [0.5, 0.6) is 0 Å². The molecular formula is C35H56O6. The lowest BCUT2D eigenvalue weighted by atomic mass is 10.0. The van der Waals surface area contributed by atoms with Crippen molar-refractivity contribution < 1.29 is 28.6 Å². The van der Waals surface area contributed by atoms with Gasteiger partial charge in [0.1, 0.15) is 6.10 Å². The highest BCUT2D eigenvalue weighted by molar-refractivity contribution is 5.69. The van der Waals surface area contributed by atoms with E-state index in [1.54, 1.807) is 0 Å². The predicted molar refractivity (Wildman–Crippen MR) is 167 cm³/mol. The van der Waals surface area contributed by atoms with Crippen LogP contribution in [0.4, 0.5) is 0 Å².